The number of rotatable bonds is 5. The van der Waals surface area contributed by atoms with Crippen LogP contribution in [0.4, 0.5) is 9.59 Å². The van der Waals surface area contributed by atoms with E-state index in [9.17, 15) is 9.59 Å². The maximum Gasteiger partial charge on any atom is 0.410 e. The zero-order chi connectivity index (χ0) is 20.9. The molecule has 6 heteroatoms. The van der Waals surface area contributed by atoms with E-state index in [0.29, 0.717) is 19.0 Å². The Balaban J connectivity index is 1.57. The van der Waals surface area contributed by atoms with E-state index in [1.165, 1.54) is 19.3 Å². The van der Waals surface area contributed by atoms with E-state index in [2.05, 4.69) is 5.32 Å². The van der Waals surface area contributed by atoms with Gasteiger partial charge in [0, 0.05) is 13.1 Å². The van der Waals surface area contributed by atoms with Gasteiger partial charge in [-0.3, -0.25) is 0 Å². The molecule has 1 aromatic carbocycles. The Kier molecular flexibility index (Phi) is 7.04. The normalized spacial score (nSPS) is 22.5. The predicted molar refractivity (Wildman–Crippen MR) is 111 cm³/mol. The highest BCUT2D eigenvalue weighted by Crippen LogP contribution is 2.36. The van der Waals surface area contributed by atoms with E-state index < -0.39 is 11.7 Å². The van der Waals surface area contributed by atoms with Gasteiger partial charge in [-0.25, -0.2) is 9.59 Å². The maximum absolute atomic E-state index is 12.6. The number of benzene rings is 1. The lowest BCUT2D eigenvalue weighted by Crippen LogP contribution is -2.55. The lowest BCUT2D eigenvalue weighted by atomic mass is 9.75. The summed E-state index contributed by atoms with van der Waals surface area (Å²) in [5.74, 6) is 1.12. The standard InChI is InChI=1S/C23H34N2O4/c1-23(2,3)29-21(26)24-20-15-25(13-12-19(20)14-17-10-7-11-17)22(27)28-16-18-8-5-4-6-9-18/h4-6,8-9,17,19-20H,7,10-16H2,1-3H3,(H,24,26). The summed E-state index contributed by atoms with van der Waals surface area (Å²) in [6.07, 6.45) is 5.09. The second-order valence-corrected chi connectivity index (χ2v) is 9.32. The number of alkyl carbamates (subject to hydrolysis) is 1. The minimum absolute atomic E-state index is 0.108. The molecule has 0 spiro atoms. The quantitative estimate of drug-likeness (QED) is 0.773. The Labute approximate surface area is 173 Å². The number of nitrogens with one attached hydrogen (secondary N) is 1. The van der Waals surface area contributed by atoms with Gasteiger partial charge in [-0.1, -0.05) is 49.6 Å². The zero-order valence-electron chi connectivity index (χ0n) is 17.9. The van der Waals surface area contributed by atoms with E-state index in [4.69, 9.17) is 9.47 Å². The fourth-order valence-electron chi connectivity index (χ4n) is 4.04. The van der Waals surface area contributed by atoms with Crippen LogP contribution in [0, 0.1) is 11.8 Å². The van der Waals surface area contributed by atoms with Crippen molar-refractivity contribution in [2.45, 2.75) is 71.1 Å². The van der Waals surface area contributed by atoms with Crippen LogP contribution in [0.5, 0.6) is 0 Å². The Morgan fingerprint density at radius 3 is 2.48 bits per heavy atom. The number of hydrogen-bond donors (Lipinski definition) is 1. The molecule has 0 radical (unpaired) electrons. The third-order valence-electron chi connectivity index (χ3n) is 5.78. The number of amides is 2. The molecule has 160 valence electrons. The van der Waals surface area contributed by atoms with Gasteiger partial charge in [0.05, 0.1) is 6.04 Å². The number of carbonyl (C=O) groups is 2. The molecule has 1 aromatic rings. The minimum atomic E-state index is -0.545. The van der Waals surface area contributed by atoms with E-state index in [1.807, 2.05) is 51.1 Å². The molecule has 1 heterocycles. The number of ether oxygens (including phenoxy) is 2. The summed E-state index contributed by atoms with van der Waals surface area (Å²) in [7, 11) is 0. The first kappa shape index (κ1) is 21.5. The van der Waals surface area contributed by atoms with Gasteiger partial charge < -0.3 is 19.7 Å². The number of likely N-dealkylation sites (tertiary alicyclic amines) is 1. The van der Waals surface area contributed by atoms with Gasteiger partial charge in [0.25, 0.3) is 0 Å². The zero-order valence-corrected chi connectivity index (χ0v) is 17.9. The summed E-state index contributed by atoms with van der Waals surface area (Å²) in [5.41, 5.74) is 0.417. The molecule has 29 heavy (non-hydrogen) atoms. The van der Waals surface area contributed by atoms with Crippen LogP contribution in [-0.4, -0.2) is 41.8 Å². The van der Waals surface area contributed by atoms with Crippen LogP contribution in [0.15, 0.2) is 30.3 Å². The lowest BCUT2D eigenvalue weighted by Gasteiger charge is -2.41. The summed E-state index contributed by atoms with van der Waals surface area (Å²) >= 11 is 0. The van der Waals surface area contributed by atoms with Gasteiger partial charge >= 0.3 is 12.2 Å². The second-order valence-electron chi connectivity index (χ2n) is 9.32. The molecule has 0 bridgehead atoms. The van der Waals surface area contributed by atoms with Gasteiger partial charge in [0.15, 0.2) is 0 Å². The molecule has 2 aliphatic rings. The van der Waals surface area contributed by atoms with Crippen LogP contribution in [0.3, 0.4) is 0 Å². The summed E-state index contributed by atoms with van der Waals surface area (Å²) in [4.78, 5) is 26.7. The van der Waals surface area contributed by atoms with Gasteiger partial charge in [-0.15, -0.1) is 0 Å². The molecule has 1 aliphatic carbocycles. The van der Waals surface area contributed by atoms with E-state index in [0.717, 1.165) is 24.3 Å². The third kappa shape index (κ3) is 6.65. The summed E-state index contributed by atoms with van der Waals surface area (Å²) in [6.45, 7) is 6.94. The summed E-state index contributed by atoms with van der Waals surface area (Å²) in [6, 6.07) is 9.55. The van der Waals surface area contributed by atoms with Crippen molar-refractivity contribution < 1.29 is 19.1 Å². The smallest absolute Gasteiger partial charge is 0.410 e. The van der Waals surface area contributed by atoms with E-state index in [-0.39, 0.29) is 18.7 Å². The molecular formula is C23H34N2O4. The Hall–Kier alpha value is -2.24. The van der Waals surface area contributed by atoms with Gasteiger partial charge in [-0.2, -0.15) is 0 Å². The second kappa shape index (κ2) is 9.51. The van der Waals surface area contributed by atoms with Crippen LogP contribution in [0.1, 0.15) is 58.4 Å². The SMILES string of the molecule is CC(C)(C)OC(=O)NC1CN(C(=O)OCc2ccccc2)CCC1CC1CCC1. The van der Waals surface area contributed by atoms with Crippen LogP contribution < -0.4 is 5.32 Å². The van der Waals surface area contributed by atoms with Crippen molar-refractivity contribution in [1.82, 2.24) is 10.2 Å². The monoisotopic (exact) mass is 402 g/mol. The predicted octanol–water partition coefficient (Wildman–Crippen LogP) is 4.73. The molecule has 2 atom stereocenters. The minimum Gasteiger partial charge on any atom is -0.445 e. The average Bonchev–Trinajstić information content (AvgIpc) is 2.62. The first-order chi connectivity index (χ1) is 13.8. The molecule has 1 saturated heterocycles. The van der Waals surface area contributed by atoms with Crippen LogP contribution in [-0.2, 0) is 16.1 Å². The maximum atomic E-state index is 12.6. The fraction of sp³-hybridized carbons (Fsp3) is 0.652. The molecule has 1 saturated carbocycles. The molecule has 0 aromatic heterocycles. The highest BCUT2D eigenvalue weighted by Gasteiger charge is 2.36. The Morgan fingerprint density at radius 1 is 1.14 bits per heavy atom. The van der Waals surface area contributed by atoms with Crippen molar-refractivity contribution in [2.24, 2.45) is 11.8 Å². The van der Waals surface area contributed by atoms with Crippen molar-refractivity contribution >= 4 is 12.2 Å². The molecular weight excluding hydrogens is 368 g/mol. The van der Waals surface area contributed by atoms with Crippen LogP contribution in [0.25, 0.3) is 0 Å². The van der Waals surface area contributed by atoms with Crippen molar-refractivity contribution in [3.63, 3.8) is 0 Å². The number of nitrogens with zero attached hydrogens (tertiary/aromatic N) is 1. The lowest BCUT2D eigenvalue weighted by molar-refractivity contribution is 0.0360. The molecule has 1 N–H and O–H groups in total. The number of carbonyl (C=O) groups excluding carboxylic acids is 2. The fourth-order valence-corrected chi connectivity index (χ4v) is 4.04. The summed E-state index contributed by atoms with van der Waals surface area (Å²) in [5, 5.41) is 3.03. The first-order valence-corrected chi connectivity index (χ1v) is 10.8. The van der Waals surface area contributed by atoms with E-state index in [1.54, 1.807) is 4.90 Å². The highest BCUT2D eigenvalue weighted by molar-refractivity contribution is 5.70. The number of piperidine rings is 1. The van der Waals surface area contributed by atoms with Crippen molar-refractivity contribution in [3.05, 3.63) is 35.9 Å². The molecule has 3 rings (SSSR count). The Bertz CT molecular complexity index is 682. The van der Waals surface area contributed by atoms with Crippen molar-refractivity contribution in [1.29, 1.82) is 0 Å². The molecule has 2 unspecified atom stereocenters. The largest absolute Gasteiger partial charge is 0.445 e. The third-order valence-corrected chi connectivity index (χ3v) is 5.78. The van der Waals surface area contributed by atoms with Gasteiger partial charge in [-0.05, 0) is 51.0 Å². The molecule has 6 nitrogen and oxygen atoms in total. The van der Waals surface area contributed by atoms with Crippen molar-refractivity contribution in [2.75, 3.05) is 13.1 Å². The molecule has 2 amide bonds. The Morgan fingerprint density at radius 2 is 1.86 bits per heavy atom. The van der Waals surface area contributed by atoms with Gasteiger partial charge in [0.2, 0.25) is 0 Å². The van der Waals surface area contributed by atoms with E-state index >= 15 is 0 Å². The summed E-state index contributed by atoms with van der Waals surface area (Å²) < 4.78 is 10.9. The van der Waals surface area contributed by atoms with Crippen LogP contribution in [0.2, 0.25) is 0 Å². The van der Waals surface area contributed by atoms with Crippen molar-refractivity contribution in [3.8, 4) is 0 Å². The first-order valence-electron chi connectivity index (χ1n) is 10.8. The average molecular weight is 403 g/mol. The molecule has 2 fully saturated rings. The van der Waals surface area contributed by atoms with Gasteiger partial charge in [0.1, 0.15) is 12.2 Å². The van der Waals surface area contributed by atoms with Crippen LogP contribution >= 0.6 is 0 Å². The highest BCUT2D eigenvalue weighted by atomic mass is 16.6. The topological polar surface area (TPSA) is 67.9 Å². The number of hydrogen-bond acceptors (Lipinski definition) is 4. The molecule has 1 aliphatic heterocycles.